The molecular weight excluding hydrogens is 376 g/mol. The van der Waals surface area contributed by atoms with E-state index in [4.69, 9.17) is 21.1 Å². The molecule has 0 amide bonds. The van der Waals surface area contributed by atoms with Crippen LogP contribution in [-0.4, -0.2) is 23.2 Å². The number of para-hydroxylation sites is 2. The summed E-state index contributed by atoms with van der Waals surface area (Å²) >= 11 is 6.11. The molecule has 3 rings (SSSR count). The topological polar surface area (TPSA) is 68.3 Å². The van der Waals surface area contributed by atoms with Crippen LogP contribution in [0.4, 0.5) is 23.0 Å². The van der Waals surface area contributed by atoms with Crippen LogP contribution in [0.5, 0.6) is 11.5 Å². The number of aryl methyl sites for hydroxylation is 1. The van der Waals surface area contributed by atoms with Crippen LogP contribution in [0, 0.1) is 6.92 Å². The maximum absolute atomic E-state index is 6.11. The molecule has 0 aliphatic rings. The predicted molar refractivity (Wildman–Crippen MR) is 114 cm³/mol. The molecule has 0 fully saturated rings. The van der Waals surface area contributed by atoms with E-state index in [-0.39, 0.29) is 6.10 Å². The van der Waals surface area contributed by atoms with Gasteiger partial charge in [0.05, 0.1) is 24.6 Å². The van der Waals surface area contributed by atoms with Gasteiger partial charge in [0, 0.05) is 11.1 Å². The SMILES string of the molecule is COc1ccc(Cl)cc1Nc1cc(Nc2ccccc2OC(C)C)nc(C)n1. The van der Waals surface area contributed by atoms with Crippen molar-refractivity contribution in [2.24, 2.45) is 0 Å². The second-order valence-electron chi connectivity index (χ2n) is 6.44. The van der Waals surface area contributed by atoms with E-state index in [1.807, 2.05) is 51.1 Å². The molecule has 6 nitrogen and oxygen atoms in total. The van der Waals surface area contributed by atoms with Crippen molar-refractivity contribution in [3.8, 4) is 11.5 Å². The van der Waals surface area contributed by atoms with Crippen LogP contribution in [0.1, 0.15) is 19.7 Å². The van der Waals surface area contributed by atoms with Crippen molar-refractivity contribution < 1.29 is 9.47 Å². The minimum atomic E-state index is 0.0719. The molecule has 2 aromatic carbocycles. The lowest BCUT2D eigenvalue weighted by molar-refractivity contribution is 0.244. The minimum absolute atomic E-state index is 0.0719. The molecule has 2 N–H and O–H groups in total. The van der Waals surface area contributed by atoms with E-state index in [1.54, 1.807) is 25.3 Å². The summed E-state index contributed by atoms with van der Waals surface area (Å²) in [6, 6.07) is 14.9. The minimum Gasteiger partial charge on any atom is -0.495 e. The van der Waals surface area contributed by atoms with Crippen LogP contribution in [0.2, 0.25) is 5.02 Å². The number of methoxy groups -OCH3 is 1. The molecule has 0 aliphatic carbocycles. The van der Waals surface area contributed by atoms with Crippen molar-refractivity contribution in [2.45, 2.75) is 26.9 Å². The standard InChI is InChI=1S/C21H23ClN4O2/c1-13(2)28-19-8-6-5-7-16(19)25-20-12-21(24-14(3)23-20)26-17-11-15(22)9-10-18(17)27-4/h5-13H,1-4H3,(H2,23,24,25,26). The number of benzene rings is 2. The van der Waals surface area contributed by atoms with Gasteiger partial charge in [0.25, 0.3) is 0 Å². The van der Waals surface area contributed by atoms with Crippen LogP contribution >= 0.6 is 11.6 Å². The first-order valence-electron chi connectivity index (χ1n) is 8.93. The maximum atomic E-state index is 6.11. The zero-order chi connectivity index (χ0) is 20.1. The Morgan fingerprint density at radius 1 is 0.893 bits per heavy atom. The van der Waals surface area contributed by atoms with E-state index < -0.39 is 0 Å². The molecule has 28 heavy (non-hydrogen) atoms. The second kappa shape index (κ2) is 8.80. The third-order valence-electron chi connectivity index (χ3n) is 3.77. The number of rotatable bonds is 7. The van der Waals surface area contributed by atoms with Crippen molar-refractivity contribution in [2.75, 3.05) is 17.7 Å². The Kier molecular flexibility index (Phi) is 6.21. The van der Waals surface area contributed by atoms with Gasteiger partial charge in [-0.05, 0) is 51.1 Å². The summed E-state index contributed by atoms with van der Waals surface area (Å²) in [7, 11) is 1.61. The highest BCUT2D eigenvalue weighted by Gasteiger charge is 2.10. The van der Waals surface area contributed by atoms with Crippen LogP contribution in [0.3, 0.4) is 0 Å². The molecular formula is C21H23ClN4O2. The van der Waals surface area contributed by atoms with Gasteiger partial charge in [0.15, 0.2) is 0 Å². The summed E-state index contributed by atoms with van der Waals surface area (Å²) in [6.07, 6.45) is 0.0719. The second-order valence-corrected chi connectivity index (χ2v) is 6.88. The lowest BCUT2D eigenvalue weighted by atomic mass is 10.2. The quantitative estimate of drug-likeness (QED) is 0.530. The van der Waals surface area contributed by atoms with Crippen molar-refractivity contribution in [1.29, 1.82) is 0 Å². The normalized spacial score (nSPS) is 10.6. The molecule has 0 radical (unpaired) electrons. The van der Waals surface area contributed by atoms with Gasteiger partial charge in [0.1, 0.15) is 29.0 Å². The zero-order valence-electron chi connectivity index (χ0n) is 16.3. The number of anilines is 4. The number of hydrogen-bond donors (Lipinski definition) is 2. The molecule has 0 saturated heterocycles. The van der Waals surface area contributed by atoms with Crippen molar-refractivity contribution in [3.05, 3.63) is 59.4 Å². The van der Waals surface area contributed by atoms with Crippen LogP contribution in [-0.2, 0) is 0 Å². The van der Waals surface area contributed by atoms with E-state index in [1.165, 1.54) is 0 Å². The Hall–Kier alpha value is -2.99. The fraction of sp³-hybridized carbons (Fsp3) is 0.238. The molecule has 7 heteroatoms. The molecule has 3 aromatic rings. The molecule has 146 valence electrons. The highest BCUT2D eigenvalue weighted by Crippen LogP contribution is 2.32. The van der Waals surface area contributed by atoms with Crippen LogP contribution in [0.25, 0.3) is 0 Å². The summed E-state index contributed by atoms with van der Waals surface area (Å²) in [5, 5.41) is 7.16. The summed E-state index contributed by atoms with van der Waals surface area (Å²) in [5.74, 6) is 3.33. The average molecular weight is 399 g/mol. The summed E-state index contributed by atoms with van der Waals surface area (Å²) in [5.41, 5.74) is 1.56. The molecule has 0 spiro atoms. The van der Waals surface area contributed by atoms with E-state index >= 15 is 0 Å². The third kappa shape index (κ3) is 5.04. The van der Waals surface area contributed by atoms with Gasteiger partial charge < -0.3 is 20.1 Å². The smallest absolute Gasteiger partial charge is 0.143 e. The third-order valence-corrected chi connectivity index (χ3v) is 4.01. The maximum Gasteiger partial charge on any atom is 0.143 e. The average Bonchev–Trinajstić information content (AvgIpc) is 2.63. The molecule has 0 unspecified atom stereocenters. The van der Waals surface area contributed by atoms with Gasteiger partial charge in [-0.3, -0.25) is 0 Å². The number of nitrogens with zero attached hydrogens (tertiary/aromatic N) is 2. The van der Waals surface area contributed by atoms with Gasteiger partial charge in [-0.2, -0.15) is 0 Å². The molecule has 0 saturated carbocycles. The fourth-order valence-corrected chi connectivity index (χ4v) is 2.85. The molecule has 1 aromatic heterocycles. The number of halogens is 1. The molecule has 0 bridgehead atoms. The highest BCUT2D eigenvalue weighted by molar-refractivity contribution is 6.31. The largest absolute Gasteiger partial charge is 0.495 e. The van der Waals surface area contributed by atoms with Gasteiger partial charge in [-0.1, -0.05) is 23.7 Å². The van der Waals surface area contributed by atoms with Crippen molar-refractivity contribution in [3.63, 3.8) is 0 Å². The monoisotopic (exact) mass is 398 g/mol. The summed E-state index contributed by atoms with van der Waals surface area (Å²) < 4.78 is 11.2. The molecule has 1 heterocycles. The number of aromatic nitrogens is 2. The summed E-state index contributed by atoms with van der Waals surface area (Å²) in [4.78, 5) is 8.93. The Balaban J connectivity index is 1.88. The van der Waals surface area contributed by atoms with E-state index in [0.29, 0.717) is 28.2 Å². The number of ether oxygens (including phenoxy) is 2. The number of nitrogens with one attached hydrogen (secondary N) is 2. The first kappa shape index (κ1) is 19.8. The van der Waals surface area contributed by atoms with Gasteiger partial charge >= 0.3 is 0 Å². The Labute approximate surface area is 169 Å². The van der Waals surface area contributed by atoms with Crippen molar-refractivity contribution in [1.82, 2.24) is 9.97 Å². The predicted octanol–water partition coefficient (Wildman–Crippen LogP) is 5.72. The van der Waals surface area contributed by atoms with E-state index in [2.05, 4.69) is 20.6 Å². The highest BCUT2D eigenvalue weighted by atomic mass is 35.5. The Morgan fingerprint density at radius 2 is 1.57 bits per heavy atom. The Bertz CT molecular complexity index is 963. The lowest BCUT2D eigenvalue weighted by Crippen LogP contribution is -2.08. The zero-order valence-corrected chi connectivity index (χ0v) is 17.0. The first-order chi connectivity index (χ1) is 13.4. The van der Waals surface area contributed by atoms with Gasteiger partial charge in [0.2, 0.25) is 0 Å². The number of hydrogen-bond acceptors (Lipinski definition) is 6. The van der Waals surface area contributed by atoms with Crippen LogP contribution < -0.4 is 20.1 Å². The molecule has 0 aliphatic heterocycles. The summed E-state index contributed by atoms with van der Waals surface area (Å²) in [6.45, 7) is 5.82. The molecule has 0 atom stereocenters. The van der Waals surface area contributed by atoms with Gasteiger partial charge in [-0.25, -0.2) is 9.97 Å². The van der Waals surface area contributed by atoms with Crippen LogP contribution in [0.15, 0.2) is 48.5 Å². The Morgan fingerprint density at radius 3 is 2.25 bits per heavy atom. The first-order valence-corrected chi connectivity index (χ1v) is 9.31. The lowest BCUT2D eigenvalue weighted by Gasteiger charge is -2.16. The van der Waals surface area contributed by atoms with E-state index in [9.17, 15) is 0 Å². The van der Waals surface area contributed by atoms with E-state index in [0.717, 1.165) is 17.1 Å². The van der Waals surface area contributed by atoms with Gasteiger partial charge in [-0.15, -0.1) is 0 Å². The van der Waals surface area contributed by atoms with Crippen molar-refractivity contribution >= 4 is 34.6 Å². The fourth-order valence-electron chi connectivity index (χ4n) is 2.68.